The van der Waals surface area contributed by atoms with Crippen molar-refractivity contribution in [2.75, 3.05) is 0 Å². The number of halogens is 4. The molecule has 1 aromatic carbocycles. The normalized spacial score (nSPS) is 11.4. The molecule has 0 atom stereocenters. The zero-order chi connectivity index (χ0) is 20.7. The Kier molecular flexibility index (Phi) is 7.65. The lowest BCUT2D eigenvalue weighted by Crippen LogP contribution is -2.35. The van der Waals surface area contributed by atoms with Gasteiger partial charge in [0.15, 0.2) is 0 Å². The number of carbonyl (C=O) groups excluding carboxylic acids is 1. The summed E-state index contributed by atoms with van der Waals surface area (Å²) in [4.78, 5) is 17.6. The number of amides is 1. The van der Waals surface area contributed by atoms with Gasteiger partial charge in [-0.25, -0.2) is 9.37 Å². The number of benzene rings is 1. The number of primary amides is 1. The van der Waals surface area contributed by atoms with Crippen LogP contribution in [0.2, 0.25) is 0 Å². The van der Waals surface area contributed by atoms with Gasteiger partial charge in [-0.15, -0.1) is 13.2 Å². The number of nitrogens with two attached hydrogens (primary N) is 1. The van der Waals surface area contributed by atoms with E-state index >= 15 is 0 Å². The van der Waals surface area contributed by atoms with Gasteiger partial charge >= 0.3 is 6.36 Å². The predicted molar refractivity (Wildman–Crippen MR) is 90.2 cm³/mol. The number of alkyl halides is 3. The van der Waals surface area contributed by atoms with Crippen molar-refractivity contribution in [3.63, 3.8) is 0 Å². The summed E-state index contributed by atoms with van der Waals surface area (Å²) in [5.74, 6) is -1.54. The largest absolute Gasteiger partial charge is 0.573 e. The van der Waals surface area contributed by atoms with E-state index in [-0.39, 0.29) is 23.3 Å². The maximum absolute atomic E-state index is 13.4. The number of aromatic nitrogens is 2. The first kappa shape index (κ1) is 22.3. The van der Waals surface area contributed by atoms with Crippen LogP contribution in [-0.2, 0) is 6.54 Å². The van der Waals surface area contributed by atoms with E-state index < -0.39 is 23.8 Å². The van der Waals surface area contributed by atoms with Crippen LogP contribution in [0, 0.1) is 5.82 Å². The molecule has 0 spiro atoms. The molecule has 0 saturated carbocycles. The first-order chi connectivity index (χ1) is 12.4. The van der Waals surface area contributed by atoms with Gasteiger partial charge in [-0.1, -0.05) is 0 Å². The topological polar surface area (TPSA) is 90.1 Å². The highest BCUT2D eigenvalue weighted by atomic mass is 19.4. The van der Waals surface area contributed by atoms with Crippen LogP contribution in [0.1, 0.15) is 36.8 Å². The third-order valence-electron chi connectivity index (χ3n) is 2.88. The van der Waals surface area contributed by atoms with Gasteiger partial charge < -0.3 is 15.8 Å². The molecule has 3 N–H and O–H groups in total. The van der Waals surface area contributed by atoms with Crippen molar-refractivity contribution in [3.05, 3.63) is 53.9 Å². The molecule has 0 radical (unpaired) electrons. The van der Waals surface area contributed by atoms with Gasteiger partial charge in [-0.2, -0.15) is 0 Å². The fourth-order valence-electron chi connectivity index (χ4n) is 1.67. The Labute approximate surface area is 153 Å². The number of hydrogen-bond donors (Lipinski definition) is 2. The van der Waals surface area contributed by atoms with E-state index in [1.165, 1.54) is 18.6 Å². The Hall–Kier alpha value is -2.75. The van der Waals surface area contributed by atoms with Crippen molar-refractivity contribution in [1.29, 1.82) is 0 Å². The van der Waals surface area contributed by atoms with Gasteiger partial charge in [0.2, 0.25) is 0 Å². The van der Waals surface area contributed by atoms with Crippen molar-refractivity contribution < 1.29 is 27.1 Å². The van der Waals surface area contributed by atoms with Crippen LogP contribution in [0.3, 0.4) is 0 Å². The van der Waals surface area contributed by atoms with Gasteiger partial charge in [0.05, 0.1) is 6.20 Å². The van der Waals surface area contributed by atoms with Crippen LogP contribution in [0.25, 0.3) is 0 Å². The highest BCUT2D eigenvalue weighted by Gasteiger charge is 2.31. The van der Waals surface area contributed by atoms with E-state index in [1.807, 2.05) is 20.8 Å². The molecule has 148 valence electrons. The minimum Gasteiger partial charge on any atom is -0.406 e. The average Bonchev–Trinajstić information content (AvgIpc) is 2.54. The molecule has 1 heterocycles. The molecule has 10 heteroatoms. The second-order valence-electron chi connectivity index (χ2n) is 6.36. The molecular formula is C17H20F4N4O2. The first-order valence-corrected chi connectivity index (χ1v) is 7.72. The van der Waals surface area contributed by atoms with E-state index in [0.717, 1.165) is 18.2 Å². The van der Waals surface area contributed by atoms with Crippen molar-refractivity contribution >= 4 is 5.91 Å². The highest BCUT2D eigenvalue weighted by molar-refractivity contribution is 5.90. The average molecular weight is 388 g/mol. The molecule has 1 aromatic heterocycles. The molecule has 0 aliphatic carbocycles. The molecule has 2 rings (SSSR count). The van der Waals surface area contributed by atoms with Gasteiger partial charge in [-0.05, 0) is 39.0 Å². The summed E-state index contributed by atoms with van der Waals surface area (Å²) in [6.45, 7) is 5.76. The van der Waals surface area contributed by atoms with Gasteiger partial charge in [0.1, 0.15) is 17.3 Å². The molecule has 0 fully saturated rings. The summed E-state index contributed by atoms with van der Waals surface area (Å²) >= 11 is 0. The van der Waals surface area contributed by atoms with Gasteiger partial charge in [0, 0.05) is 30.0 Å². The standard InChI is InChI=1S/C12H15F4NO.C5H5N3O/c1-11(2,3)17-7-8-6-9(4-5-10(8)13)18-12(14,15)16;6-5(9)4-3-7-1-2-8-4/h4-6,17H,7H2,1-3H3;1-3H,(H2,6,9). The third kappa shape index (κ3) is 9.50. The van der Waals surface area contributed by atoms with E-state index in [1.54, 1.807) is 0 Å². The Bertz CT molecular complexity index is 747. The van der Waals surface area contributed by atoms with E-state index in [0.29, 0.717) is 0 Å². The monoisotopic (exact) mass is 388 g/mol. The zero-order valence-electron chi connectivity index (χ0n) is 15.0. The molecule has 0 bridgehead atoms. The Balaban J connectivity index is 0.000000337. The maximum atomic E-state index is 13.4. The number of ether oxygens (including phenoxy) is 1. The Morgan fingerprint density at radius 3 is 2.33 bits per heavy atom. The SMILES string of the molecule is CC(C)(C)NCc1cc(OC(F)(F)F)ccc1F.NC(=O)c1cnccn1. The maximum Gasteiger partial charge on any atom is 0.573 e. The van der Waals surface area contributed by atoms with Gasteiger partial charge in [0.25, 0.3) is 5.91 Å². The van der Waals surface area contributed by atoms with Crippen molar-refractivity contribution in [2.45, 2.75) is 39.2 Å². The summed E-state index contributed by atoms with van der Waals surface area (Å²) in [7, 11) is 0. The summed E-state index contributed by atoms with van der Waals surface area (Å²) < 4.78 is 53.2. The summed E-state index contributed by atoms with van der Waals surface area (Å²) in [6.07, 6.45) is -0.554. The summed E-state index contributed by atoms with van der Waals surface area (Å²) in [5, 5.41) is 2.99. The quantitative estimate of drug-likeness (QED) is 0.785. The van der Waals surface area contributed by atoms with E-state index in [9.17, 15) is 22.4 Å². The number of rotatable bonds is 4. The molecule has 0 unspecified atom stereocenters. The summed E-state index contributed by atoms with van der Waals surface area (Å²) in [6, 6.07) is 2.95. The minimum atomic E-state index is -4.77. The van der Waals surface area contributed by atoms with Crippen molar-refractivity contribution in [3.8, 4) is 5.75 Å². The van der Waals surface area contributed by atoms with Crippen LogP contribution in [0.15, 0.2) is 36.8 Å². The van der Waals surface area contributed by atoms with Crippen LogP contribution in [-0.4, -0.2) is 27.8 Å². The van der Waals surface area contributed by atoms with Crippen LogP contribution >= 0.6 is 0 Å². The lowest BCUT2D eigenvalue weighted by molar-refractivity contribution is -0.274. The Morgan fingerprint density at radius 1 is 1.22 bits per heavy atom. The smallest absolute Gasteiger partial charge is 0.406 e. The van der Waals surface area contributed by atoms with Crippen LogP contribution < -0.4 is 15.8 Å². The number of nitrogens with one attached hydrogen (secondary N) is 1. The zero-order valence-corrected chi connectivity index (χ0v) is 15.0. The fraction of sp³-hybridized carbons (Fsp3) is 0.353. The molecule has 6 nitrogen and oxygen atoms in total. The van der Waals surface area contributed by atoms with Crippen LogP contribution in [0.5, 0.6) is 5.75 Å². The molecule has 1 amide bonds. The molecule has 0 aliphatic heterocycles. The van der Waals surface area contributed by atoms with Crippen LogP contribution in [0.4, 0.5) is 17.6 Å². The second-order valence-corrected chi connectivity index (χ2v) is 6.36. The number of carbonyl (C=O) groups is 1. The predicted octanol–water partition coefficient (Wildman–Crippen LogP) is 3.19. The van der Waals surface area contributed by atoms with E-state index in [2.05, 4.69) is 20.0 Å². The molecular weight excluding hydrogens is 368 g/mol. The van der Waals surface area contributed by atoms with Crippen molar-refractivity contribution in [2.24, 2.45) is 5.73 Å². The molecule has 27 heavy (non-hydrogen) atoms. The number of hydrogen-bond acceptors (Lipinski definition) is 5. The van der Waals surface area contributed by atoms with Gasteiger partial charge in [-0.3, -0.25) is 9.78 Å². The molecule has 0 aliphatic rings. The minimum absolute atomic E-state index is 0.129. The first-order valence-electron chi connectivity index (χ1n) is 7.72. The highest BCUT2D eigenvalue weighted by Crippen LogP contribution is 2.24. The molecule has 0 saturated heterocycles. The lowest BCUT2D eigenvalue weighted by Gasteiger charge is -2.21. The fourth-order valence-corrected chi connectivity index (χ4v) is 1.67. The molecule has 2 aromatic rings. The second kappa shape index (κ2) is 9.26. The third-order valence-corrected chi connectivity index (χ3v) is 2.88. The Morgan fingerprint density at radius 2 is 1.89 bits per heavy atom. The summed E-state index contributed by atoms with van der Waals surface area (Å²) in [5.41, 5.74) is 4.94. The van der Waals surface area contributed by atoms with Crippen molar-refractivity contribution in [1.82, 2.24) is 15.3 Å². The lowest BCUT2D eigenvalue weighted by atomic mass is 10.1. The number of nitrogens with zero attached hydrogens (tertiary/aromatic N) is 2. The van der Waals surface area contributed by atoms with E-state index in [4.69, 9.17) is 5.73 Å².